The van der Waals surface area contributed by atoms with Gasteiger partial charge in [-0.05, 0) is 47.2 Å². The lowest BCUT2D eigenvalue weighted by atomic mass is 9.83. The van der Waals surface area contributed by atoms with Crippen molar-refractivity contribution in [3.63, 3.8) is 0 Å². The van der Waals surface area contributed by atoms with Crippen LogP contribution in [0.25, 0.3) is 11.3 Å². The lowest BCUT2D eigenvalue weighted by Gasteiger charge is -2.23. The number of hydrogen-bond acceptors (Lipinski definition) is 2. The largest absolute Gasteiger partial charge is 0.207 e. The molecule has 0 bridgehead atoms. The van der Waals surface area contributed by atoms with Gasteiger partial charge in [0, 0.05) is 5.56 Å². The Labute approximate surface area is 120 Å². The average molecular weight is 272 g/mol. The second kappa shape index (κ2) is 5.31. The molecule has 0 saturated heterocycles. The first kappa shape index (κ1) is 14.6. The summed E-state index contributed by atoms with van der Waals surface area (Å²) >= 11 is 0. The Morgan fingerprint density at radius 3 is 2.10 bits per heavy atom. The Balaban J connectivity index is 2.60. The van der Waals surface area contributed by atoms with Gasteiger partial charge in [0.05, 0.1) is 11.4 Å². The summed E-state index contributed by atoms with van der Waals surface area (Å²) in [5, 5.41) is 8.70. The molecule has 1 heterocycles. The second-order valence-corrected chi connectivity index (χ2v) is 6.44. The summed E-state index contributed by atoms with van der Waals surface area (Å²) in [6, 6.07) is 8.54. The Hall–Kier alpha value is -1.77. The normalized spacial score (nSPS) is 11.9. The molecular formula is C17H21FN2. The molecule has 0 radical (unpaired) electrons. The van der Waals surface area contributed by atoms with Crippen molar-refractivity contribution in [3.05, 3.63) is 47.4 Å². The van der Waals surface area contributed by atoms with Gasteiger partial charge in [0.15, 0.2) is 0 Å². The van der Waals surface area contributed by atoms with Gasteiger partial charge in [-0.3, -0.25) is 0 Å². The van der Waals surface area contributed by atoms with Crippen molar-refractivity contribution < 1.29 is 4.39 Å². The molecule has 106 valence electrons. The van der Waals surface area contributed by atoms with Gasteiger partial charge in [-0.1, -0.05) is 34.6 Å². The maximum atomic E-state index is 13.1. The zero-order valence-electron chi connectivity index (χ0n) is 12.7. The van der Waals surface area contributed by atoms with Crippen LogP contribution in [0.1, 0.15) is 51.8 Å². The Morgan fingerprint density at radius 2 is 1.60 bits per heavy atom. The summed E-state index contributed by atoms with van der Waals surface area (Å²) in [7, 11) is 0. The van der Waals surface area contributed by atoms with E-state index >= 15 is 0 Å². The van der Waals surface area contributed by atoms with Crippen molar-refractivity contribution >= 4 is 0 Å². The summed E-state index contributed by atoms with van der Waals surface area (Å²) in [6.45, 7) is 10.7. The van der Waals surface area contributed by atoms with Crippen molar-refractivity contribution in [1.29, 1.82) is 0 Å². The minimum Gasteiger partial charge on any atom is -0.207 e. The molecule has 3 heteroatoms. The van der Waals surface area contributed by atoms with Crippen molar-refractivity contribution in [1.82, 2.24) is 10.2 Å². The van der Waals surface area contributed by atoms with E-state index in [9.17, 15) is 4.39 Å². The summed E-state index contributed by atoms with van der Waals surface area (Å²) in [5.41, 5.74) is 3.83. The predicted octanol–water partition coefficient (Wildman–Crippen LogP) is 4.70. The van der Waals surface area contributed by atoms with Gasteiger partial charge in [0.25, 0.3) is 0 Å². The molecule has 0 spiro atoms. The molecule has 2 rings (SSSR count). The maximum absolute atomic E-state index is 13.1. The minimum absolute atomic E-state index is 0.0384. The molecule has 2 aromatic rings. The van der Waals surface area contributed by atoms with Gasteiger partial charge in [-0.25, -0.2) is 4.39 Å². The van der Waals surface area contributed by atoms with Gasteiger partial charge < -0.3 is 0 Å². The van der Waals surface area contributed by atoms with Gasteiger partial charge >= 0.3 is 0 Å². The van der Waals surface area contributed by atoms with Gasteiger partial charge in [0.1, 0.15) is 5.82 Å². The van der Waals surface area contributed by atoms with E-state index in [0.29, 0.717) is 5.92 Å². The smallest absolute Gasteiger partial charge is 0.123 e. The number of nitrogens with zero attached hydrogens (tertiary/aromatic N) is 2. The van der Waals surface area contributed by atoms with Crippen LogP contribution < -0.4 is 0 Å². The van der Waals surface area contributed by atoms with Crippen LogP contribution >= 0.6 is 0 Å². The monoisotopic (exact) mass is 272 g/mol. The third kappa shape index (κ3) is 3.03. The average Bonchev–Trinajstić information content (AvgIpc) is 2.38. The zero-order valence-corrected chi connectivity index (χ0v) is 12.7. The third-order valence-electron chi connectivity index (χ3n) is 3.33. The molecule has 2 nitrogen and oxygen atoms in total. The first-order valence-corrected chi connectivity index (χ1v) is 6.93. The lowest BCUT2D eigenvalue weighted by molar-refractivity contribution is 0.583. The minimum atomic E-state index is -0.238. The molecule has 0 fully saturated rings. The SMILES string of the molecule is CC(C)c1cc(C(C)(C)C)c(-c2ccc(F)cc2)nn1. The lowest BCUT2D eigenvalue weighted by Crippen LogP contribution is -2.16. The van der Waals surface area contributed by atoms with Gasteiger partial charge in [0.2, 0.25) is 0 Å². The molecule has 1 aromatic carbocycles. The van der Waals surface area contributed by atoms with E-state index in [1.54, 1.807) is 12.1 Å². The van der Waals surface area contributed by atoms with Crippen molar-refractivity contribution in [3.8, 4) is 11.3 Å². The van der Waals surface area contributed by atoms with Crippen molar-refractivity contribution in [2.24, 2.45) is 0 Å². The molecule has 0 N–H and O–H groups in total. The van der Waals surface area contributed by atoms with E-state index in [4.69, 9.17) is 0 Å². The zero-order chi connectivity index (χ0) is 14.9. The van der Waals surface area contributed by atoms with E-state index in [2.05, 4.69) is 50.9 Å². The van der Waals surface area contributed by atoms with Crippen LogP contribution in [-0.2, 0) is 5.41 Å². The number of hydrogen-bond donors (Lipinski definition) is 0. The van der Waals surface area contributed by atoms with E-state index in [1.807, 2.05) is 0 Å². The van der Waals surface area contributed by atoms with Crippen LogP contribution in [-0.4, -0.2) is 10.2 Å². The van der Waals surface area contributed by atoms with Gasteiger partial charge in [-0.2, -0.15) is 5.10 Å². The highest BCUT2D eigenvalue weighted by Gasteiger charge is 2.22. The number of aromatic nitrogens is 2. The topological polar surface area (TPSA) is 25.8 Å². The second-order valence-electron chi connectivity index (χ2n) is 6.44. The summed E-state index contributed by atoms with van der Waals surface area (Å²) in [4.78, 5) is 0. The van der Waals surface area contributed by atoms with Gasteiger partial charge in [-0.15, -0.1) is 5.10 Å². The van der Waals surface area contributed by atoms with E-state index in [-0.39, 0.29) is 11.2 Å². The van der Waals surface area contributed by atoms with E-state index in [1.165, 1.54) is 12.1 Å². The van der Waals surface area contributed by atoms with E-state index in [0.717, 1.165) is 22.5 Å². The highest BCUT2D eigenvalue weighted by molar-refractivity contribution is 5.64. The van der Waals surface area contributed by atoms with Crippen LogP contribution in [0.4, 0.5) is 4.39 Å². The molecule has 0 aliphatic carbocycles. The molecule has 0 amide bonds. The fraction of sp³-hybridized carbons (Fsp3) is 0.412. The highest BCUT2D eigenvalue weighted by atomic mass is 19.1. The number of halogens is 1. The first-order chi connectivity index (χ1) is 9.29. The summed E-state index contributed by atoms with van der Waals surface area (Å²) in [5.74, 6) is 0.101. The van der Waals surface area contributed by atoms with Crippen LogP contribution in [0.3, 0.4) is 0 Å². The van der Waals surface area contributed by atoms with Crippen LogP contribution in [0.5, 0.6) is 0 Å². The Bertz CT molecular complexity index is 595. The summed E-state index contributed by atoms with van der Waals surface area (Å²) < 4.78 is 13.1. The molecule has 20 heavy (non-hydrogen) atoms. The van der Waals surface area contributed by atoms with Crippen LogP contribution in [0.15, 0.2) is 30.3 Å². The molecule has 0 aliphatic rings. The molecule has 0 atom stereocenters. The quantitative estimate of drug-likeness (QED) is 0.791. The van der Waals surface area contributed by atoms with Crippen molar-refractivity contribution in [2.75, 3.05) is 0 Å². The molecular weight excluding hydrogens is 251 g/mol. The van der Waals surface area contributed by atoms with Crippen molar-refractivity contribution in [2.45, 2.75) is 46.0 Å². The highest BCUT2D eigenvalue weighted by Crippen LogP contribution is 2.32. The fourth-order valence-corrected chi connectivity index (χ4v) is 2.08. The predicted molar refractivity (Wildman–Crippen MR) is 80.2 cm³/mol. The van der Waals surface area contributed by atoms with E-state index < -0.39 is 0 Å². The molecule has 0 unspecified atom stereocenters. The molecule has 1 aromatic heterocycles. The first-order valence-electron chi connectivity index (χ1n) is 6.93. The Kier molecular flexibility index (Phi) is 3.89. The molecule has 0 saturated carbocycles. The number of rotatable bonds is 2. The maximum Gasteiger partial charge on any atom is 0.123 e. The standard InChI is InChI=1S/C17H21FN2/c1-11(2)15-10-14(17(3,4)5)16(20-19-15)12-6-8-13(18)9-7-12/h6-11H,1-5H3. The molecule has 0 aliphatic heterocycles. The van der Waals surface area contributed by atoms with Crippen LogP contribution in [0.2, 0.25) is 0 Å². The fourth-order valence-electron chi connectivity index (χ4n) is 2.08. The van der Waals surface area contributed by atoms with Crippen LogP contribution in [0, 0.1) is 5.82 Å². The number of benzene rings is 1. The summed E-state index contributed by atoms with van der Waals surface area (Å²) in [6.07, 6.45) is 0. The Morgan fingerprint density at radius 1 is 1.00 bits per heavy atom. The third-order valence-corrected chi connectivity index (χ3v) is 3.33.